The summed E-state index contributed by atoms with van der Waals surface area (Å²) < 4.78 is 38.9. The molecule has 0 radical (unpaired) electrons. The van der Waals surface area contributed by atoms with Crippen LogP contribution in [0.4, 0.5) is 13.2 Å². The zero-order valence-electron chi connectivity index (χ0n) is 11.1. The molecule has 0 bridgehead atoms. The molecule has 1 fully saturated rings. The van der Waals surface area contributed by atoms with E-state index in [-0.39, 0.29) is 6.04 Å². The first-order valence-corrected chi connectivity index (χ1v) is 6.45. The Balaban J connectivity index is 2.16. The summed E-state index contributed by atoms with van der Waals surface area (Å²) >= 11 is 0. The van der Waals surface area contributed by atoms with Crippen LogP contribution in [0.15, 0.2) is 12.4 Å². The van der Waals surface area contributed by atoms with E-state index in [9.17, 15) is 18.0 Å². The second-order valence-corrected chi connectivity index (χ2v) is 5.08. The number of nitrogens with zero attached hydrogens (tertiary/aromatic N) is 2. The molecule has 1 aromatic heterocycles. The third-order valence-electron chi connectivity index (χ3n) is 3.78. The summed E-state index contributed by atoms with van der Waals surface area (Å²) in [4.78, 5) is 11.6. The molecule has 2 rings (SSSR count). The number of hydrogen-bond acceptors (Lipinski definition) is 3. The number of primary amides is 1. The monoisotopic (exact) mass is 290 g/mol. The van der Waals surface area contributed by atoms with Crippen LogP contribution in [0.5, 0.6) is 0 Å². The molecule has 1 saturated carbocycles. The van der Waals surface area contributed by atoms with Crippen molar-refractivity contribution in [2.45, 2.75) is 43.9 Å². The Morgan fingerprint density at radius 2 is 2.35 bits per heavy atom. The molecule has 3 N–H and O–H groups in total. The molecule has 2 atom stereocenters. The number of carbonyl (C=O) groups excluding carboxylic acids is 1. The van der Waals surface area contributed by atoms with E-state index >= 15 is 0 Å². The zero-order chi connectivity index (χ0) is 15.0. The molecule has 1 amide bonds. The molecule has 2 unspecified atom stereocenters. The van der Waals surface area contributed by atoms with E-state index in [0.717, 1.165) is 12.4 Å². The van der Waals surface area contributed by atoms with E-state index in [1.165, 1.54) is 4.68 Å². The van der Waals surface area contributed by atoms with Gasteiger partial charge < -0.3 is 11.1 Å². The Bertz CT molecular complexity index is 499. The molecule has 0 aromatic carbocycles. The highest BCUT2D eigenvalue weighted by Crippen LogP contribution is 2.38. The SMILES string of the molecule is CCNC1(C(N)=O)CCC(n2cc(C(F)(F)F)cn2)C1. The van der Waals surface area contributed by atoms with E-state index in [1.807, 2.05) is 6.92 Å². The number of amides is 1. The molecule has 0 spiro atoms. The van der Waals surface area contributed by atoms with Crippen LogP contribution < -0.4 is 11.1 Å². The maximum Gasteiger partial charge on any atom is 0.419 e. The summed E-state index contributed by atoms with van der Waals surface area (Å²) in [6, 6.07) is -0.252. The fraction of sp³-hybridized carbons (Fsp3) is 0.667. The Labute approximate surface area is 114 Å². The van der Waals surface area contributed by atoms with Crippen molar-refractivity contribution in [2.24, 2.45) is 5.73 Å². The lowest BCUT2D eigenvalue weighted by Crippen LogP contribution is -2.53. The molecule has 5 nitrogen and oxygen atoms in total. The number of halogens is 3. The Kier molecular flexibility index (Phi) is 3.77. The lowest BCUT2D eigenvalue weighted by atomic mass is 9.96. The maximum atomic E-state index is 12.5. The molecular formula is C12H17F3N4O. The van der Waals surface area contributed by atoms with Gasteiger partial charge in [-0.2, -0.15) is 18.3 Å². The maximum absolute atomic E-state index is 12.5. The second kappa shape index (κ2) is 5.08. The summed E-state index contributed by atoms with van der Waals surface area (Å²) in [6.45, 7) is 2.43. The lowest BCUT2D eigenvalue weighted by molar-refractivity contribution is -0.137. The predicted molar refractivity (Wildman–Crippen MR) is 65.7 cm³/mol. The number of alkyl halides is 3. The van der Waals surface area contributed by atoms with Gasteiger partial charge in [-0.05, 0) is 25.8 Å². The number of hydrogen-bond donors (Lipinski definition) is 2. The van der Waals surface area contributed by atoms with Gasteiger partial charge in [-0.1, -0.05) is 6.92 Å². The Hall–Kier alpha value is -1.57. The average Bonchev–Trinajstić information content (AvgIpc) is 2.94. The van der Waals surface area contributed by atoms with Crippen molar-refractivity contribution in [1.82, 2.24) is 15.1 Å². The third-order valence-corrected chi connectivity index (χ3v) is 3.78. The van der Waals surface area contributed by atoms with E-state index in [1.54, 1.807) is 0 Å². The van der Waals surface area contributed by atoms with Gasteiger partial charge in [-0.25, -0.2) is 0 Å². The topological polar surface area (TPSA) is 72.9 Å². The van der Waals surface area contributed by atoms with Gasteiger partial charge in [-0.15, -0.1) is 0 Å². The summed E-state index contributed by atoms with van der Waals surface area (Å²) in [6.07, 6.45) is -1.20. The molecular weight excluding hydrogens is 273 g/mol. The number of nitrogens with two attached hydrogens (primary N) is 1. The highest BCUT2D eigenvalue weighted by molar-refractivity contribution is 5.85. The quantitative estimate of drug-likeness (QED) is 0.881. The van der Waals surface area contributed by atoms with Crippen LogP contribution >= 0.6 is 0 Å². The minimum Gasteiger partial charge on any atom is -0.368 e. The highest BCUT2D eigenvalue weighted by Gasteiger charge is 2.44. The van der Waals surface area contributed by atoms with Crippen LogP contribution in [0.2, 0.25) is 0 Å². The van der Waals surface area contributed by atoms with E-state index in [0.29, 0.717) is 25.8 Å². The number of aromatic nitrogens is 2. The van der Waals surface area contributed by atoms with Gasteiger partial charge in [0.2, 0.25) is 5.91 Å². The molecule has 8 heteroatoms. The molecule has 1 heterocycles. The lowest BCUT2D eigenvalue weighted by Gasteiger charge is -2.26. The Morgan fingerprint density at radius 3 is 2.85 bits per heavy atom. The van der Waals surface area contributed by atoms with Crippen molar-refractivity contribution in [3.63, 3.8) is 0 Å². The van der Waals surface area contributed by atoms with Gasteiger partial charge in [0.25, 0.3) is 0 Å². The number of rotatable bonds is 4. The molecule has 112 valence electrons. The molecule has 1 aliphatic rings. The highest BCUT2D eigenvalue weighted by atomic mass is 19.4. The van der Waals surface area contributed by atoms with Gasteiger partial charge in [0.05, 0.1) is 23.3 Å². The van der Waals surface area contributed by atoms with Gasteiger partial charge in [-0.3, -0.25) is 9.48 Å². The second-order valence-electron chi connectivity index (χ2n) is 5.08. The van der Waals surface area contributed by atoms with Crippen LogP contribution in [0.25, 0.3) is 0 Å². The molecule has 1 aliphatic carbocycles. The van der Waals surface area contributed by atoms with Gasteiger partial charge >= 0.3 is 6.18 Å². The van der Waals surface area contributed by atoms with E-state index in [2.05, 4.69) is 10.4 Å². The van der Waals surface area contributed by atoms with Crippen molar-refractivity contribution in [3.05, 3.63) is 18.0 Å². The summed E-state index contributed by atoms with van der Waals surface area (Å²) in [7, 11) is 0. The average molecular weight is 290 g/mol. The molecule has 1 aromatic rings. The minimum absolute atomic E-state index is 0.252. The standard InChI is InChI=1S/C12H17F3N4O/c1-2-17-11(10(16)20)4-3-9(5-11)19-7-8(6-18-19)12(13,14)15/h6-7,9,17H,2-5H2,1H3,(H2,16,20). The van der Waals surface area contributed by atoms with Gasteiger partial charge in [0.1, 0.15) is 0 Å². The van der Waals surface area contributed by atoms with E-state index in [4.69, 9.17) is 5.73 Å². The fourth-order valence-electron chi connectivity index (χ4n) is 2.74. The van der Waals surface area contributed by atoms with Crippen LogP contribution in [0.1, 0.15) is 37.8 Å². The van der Waals surface area contributed by atoms with Crippen LogP contribution in [0, 0.1) is 0 Å². The fourth-order valence-corrected chi connectivity index (χ4v) is 2.74. The predicted octanol–water partition coefficient (Wildman–Crippen LogP) is 1.46. The van der Waals surface area contributed by atoms with Crippen molar-refractivity contribution in [2.75, 3.05) is 6.54 Å². The van der Waals surface area contributed by atoms with Gasteiger partial charge in [0, 0.05) is 6.20 Å². The van der Waals surface area contributed by atoms with Gasteiger partial charge in [0.15, 0.2) is 0 Å². The number of likely N-dealkylation sites (N-methyl/N-ethyl adjacent to an activating group) is 1. The number of carbonyl (C=O) groups is 1. The third kappa shape index (κ3) is 2.65. The first-order chi connectivity index (χ1) is 9.28. The summed E-state index contributed by atoms with van der Waals surface area (Å²) in [5, 5.41) is 6.82. The van der Waals surface area contributed by atoms with Crippen molar-refractivity contribution in [3.8, 4) is 0 Å². The van der Waals surface area contributed by atoms with Crippen molar-refractivity contribution < 1.29 is 18.0 Å². The zero-order valence-corrected chi connectivity index (χ0v) is 11.1. The molecule has 0 aliphatic heterocycles. The van der Waals surface area contributed by atoms with Crippen molar-refractivity contribution in [1.29, 1.82) is 0 Å². The van der Waals surface area contributed by atoms with E-state index < -0.39 is 23.2 Å². The normalized spacial score (nSPS) is 26.9. The van der Waals surface area contributed by atoms with Crippen LogP contribution in [-0.4, -0.2) is 27.8 Å². The Morgan fingerprint density at radius 1 is 1.65 bits per heavy atom. The minimum atomic E-state index is -4.40. The number of nitrogens with one attached hydrogen (secondary N) is 1. The molecule has 0 saturated heterocycles. The summed E-state index contributed by atoms with van der Waals surface area (Å²) in [5.41, 5.74) is 3.80. The smallest absolute Gasteiger partial charge is 0.368 e. The van der Waals surface area contributed by atoms with Crippen LogP contribution in [-0.2, 0) is 11.0 Å². The van der Waals surface area contributed by atoms with Crippen LogP contribution in [0.3, 0.4) is 0 Å². The largest absolute Gasteiger partial charge is 0.419 e. The molecule has 20 heavy (non-hydrogen) atoms. The first-order valence-electron chi connectivity index (χ1n) is 6.45. The summed E-state index contributed by atoms with van der Waals surface area (Å²) in [5.74, 6) is -0.468. The van der Waals surface area contributed by atoms with Crippen molar-refractivity contribution >= 4 is 5.91 Å². The first kappa shape index (κ1) is 14.8.